The first-order valence-electron chi connectivity index (χ1n) is 6.33. The molecule has 2 aromatic rings. The third-order valence-electron chi connectivity index (χ3n) is 3.23. The Bertz CT molecular complexity index is 560. The molecule has 6 nitrogen and oxygen atoms in total. The zero-order chi connectivity index (χ0) is 13.3. The van der Waals surface area contributed by atoms with Gasteiger partial charge in [0.1, 0.15) is 0 Å². The summed E-state index contributed by atoms with van der Waals surface area (Å²) in [5.41, 5.74) is -0.0924. The van der Waals surface area contributed by atoms with Gasteiger partial charge < -0.3 is 14.9 Å². The standard InChI is InChI=1S/C12H16N4O2S/c1-8-14-9(6-19-8)5-10-15-11(18-16-10)12(17)3-2-4-13-7-12/h6,13,17H,2-5,7H2,1H3. The van der Waals surface area contributed by atoms with Gasteiger partial charge in [-0.3, -0.25) is 0 Å². The van der Waals surface area contributed by atoms with Crippen LogP contribution in [0.2, 0.25) is 0 Å². The maximum atomic E-state index is 10.5. The van der Waals surface area contributed by atoms with Crippen LogP contribution in [-0.2, 0) is 12.0 Å². The number of β-amino-alcohol motifs (C(OH)–C–C–N with tert-alkyl or cyclic N) is 1. The molecule has 102 valence electrons. The van der Waals surface area contributed by atoms with Gasteiger partial charge in [0.2, 0.25) is 0 Å². The number of hydrogen-bond donors (Lipinski definition) is 2. The van der Waals surface area contributed by atoms with Crippen LogP contribution in [-0.4, -0.2) is 33.3 Å². The highest BCUT2D eigenvalue weighted by Gasteiger charge is 2.37. The van der Waals surface area contributed by atoms with E-state index in [1.807, 2.05) is 12.3 Å². The molecule has 1 atom stereocenters. The molecule has 1 aliphatic heterocycles. The lowest BCUT2D eigenvalue weighted by Gasteiger charge is -2.28. The summed E-state index contributed by atoms with van der Waals surface area (Å²) in [6, 6.07) is 0. The fourth-order valence-corrected chi connectivity index (χ4v) is 2.85. The topological polar surface area (TPSA) is 84.1 Å². The average Bonchev–Trinajstić information content (AvgIpc) is 3.01. The number of hydrogen-bond acceptors (Lipinski definition) is 7. The van der Waals surface area contributed by atoms with Gasteiger partial charge in [0.25, 0.3) is 5.89 Å². The van der Waals surface area contributed by atoms with Crippen LogP contribution in [0, 0.1) is 6.92 Å². The van der Waals surface area contributed by atoms with Crippen molar-refractivity contribution in [3.63, 3.8) is 0 Å². The lowest BCUT2D eigenvalue weighted by Crippen LogP contribution is -2.43. The van der Waals surface area contributed by atoms with Crippen molar-refractivity contribution in [2.24, 2.45) is 0 Å². The van der Waals surface area contributed by atoms with E-state index in [4.69, 9.17) is 4.52 Å². The number of nitrogens with one attached hydrogen (secondary N) is 1. The van der Waals surface area contributed by atoms with E-state index in [9.17, 15) is 5.11 Å². The summed E-state index contributed by atoms with van der Waals surface area (Å²) in [7, 11) is 0. The normalized spacial score (nSPS) is 23.7. The van der Waals surface area contributed by atoms with Gasteiger partial charge in [0.15, 0.2) is 11.4 Å². The van der Waals surface area contributed by atoms with Crippen molar-refractivity contribution >= 4 is 11.3 Å². The molecule has 1 fully saturated rings. The van der Waals surface area contributed by atoms with E-state index in [0.717, 1.165) is 23.7 Å². The summed E-state index contributed by atoms with van der Waals surface area (Å²) < 4.78 is 5.21. The van der Waals surface area contributed by atoms with Crippen molar-refractivity contribution in [1.82, 2.24) is 20.4 Å². The molecule has 3 rings (SSSR count). The highest BCUT2D eigenvalue weighted by atomic mass is 32.1. The molecule has 0 saturated carbocycles. The molecule has 19 heavy (non-hydrogen) atoms. The molecule has 1 unspecified atom stereocenters. The molecule has 0 spiro atoms. The fourth-order valence-electron chi connectivity index (χ4n) is 2.24. The lowest BCUT2D eigenvalue weighted by atomic mass is 9.94. The SMILES string of the molecule is Cc1nc(Cc2noc(C3(O)CCCNC3)n2)cs1. The summed E-state index contributed by atoms with van der Waals surface area (Å²) in [5.74, 6) is 0.876. The molecule has 1 aliphatic rings. The van der Waals surface area contributed by atoms with Crippen LogP contribution in [0.25, 0.3) is 0 Å². The minimum Gasteiger partial charge on any atom is -0.379 e. The fraction of sp³-hybridized carbons (Fsp3) is 0.583. The van der Waals surface area contributed by atoms with Crippen molar-refractivity contribution in [2.75, 3.05) is 13.1 Å². The molecular weight excluding hydrogens is 264 g/mol. The first-order valence-corrected chi connectivity index (χ1v) is 7.21. The molecule has 2 N–H and O–H groups in total. The lowest BCUT2D eigenvalue weighted by molar-refractivity contribution is -0.0167. The number of nitrogens with zero attached hydrogens (tertiary/aromatic N) is 3. The zero-order valence-corrected chi connectivity index (χ0v) is 11.5. The summed E-state index contributed by atoms with van der Waals surface area (Å²) >= 11 is 1.60. The first kappa shape index (κ1) is 12.7. The Balaban J connectivity index is 1.75. The molecule has 0 amide bonds. The number of aromatic nitrogens is 3. The van der Waals surface area contributed by atoms with Crippen molar-refractivity contribution in [3.05, 3.63) is 27.8 Å². The summed E-state index contributed by atoms with van der Waals surface area (Å²) in [5, 5.41) is 20.5. The molecule has 7 heteroatoms. The van der Waals surface area contributed by atoms with Gasteiger partial charge >= 0.3 is 0 Å². The van der Waals surface area contributed by atoms with Gasteiger partial charge in [0.05, 0.1) is 17.1 Å². The van der Waals surface area contributed by atoms with Crippen LogP contribution in [0.4, 0.5) is 0 Å². The Labute approximate surface area is 114 Å². The minimum absolute atomic E-state index is 0.307. The maximum Gasteiger partial charge on any atom is 0.259 e. The van der Waals surface area contributed by atoms with E-state index in [1.54, 1.807) is 11.3 Å². The summed E-state index contributed by atoms with van der Waals surface area (Å²) in [4.78, 5) is 8.67. The van der Waals surface area contributed by atoms with Gasteiger partial charge in [-0.15, -0.1) is 11.3 Å². The Kier molecular flexibility index (Phi) is 3.34. The molecule has 0 aliphatic carbocycles. The van der Waals surface area contributed by atoms with Gasteiger partial charge in [-0.05, 0) is 26.3 Å². The van der Waals surface area contributed by atoms with E-state index in [2.05, 4.69) is 20.4 Å². The zero-order valence-electron chi connectivity index (χ0n) is 10.7. The quantitative estimate of drug-likeness (QED) is 0.872. The summed E-state index contributed by atoms with van der Waals surface area (Å²) in [6.45, 7) is 3.35. The van der Waals surface area contributed by atoms with E-state index in [0.29, 0.717) is 31.1 Å². The molecule has 0 bridgehead atoms. The number of aliphatic hydroxyl groups is 1. The second kappa shape index (κ2) is 4.99. The van der Waals surface area contributed by atoms with Crippen LogP contribution in [0.5, 0.6) is 0 Å². The molecule has 1 saturated heterocycles. The molecule has 0 radical (unpaired) electrons. The maximum absolute atomic E-state index is 10.5. The Hall–Kier alpha value is -1.31. The smallest absolute Gasteiger partial charge is 0.259 e. The van der Waals surface area contributed by atoms with Crippen LogP contribution < -0.4 is 5.32 Å². The molecular formula is C12H16N4O2S. The van der Waals surface area contributed by atoms with E-state index in [-0.39, 0.29) is 0 Å². The van der Waals surface area contributed by atoms with Crippen molar-refractivity contribution < 1.29 is 9.63 Å². The van der Waals surface area contributed by atoms with Crippen molar-refractivity contribution in [3.8, 4) is 0 Å². The Morgan fingerprint density at radius 1 is 1.53 bits per heavy atom. The van der Waals surface area contributed by atoms with Crippen molar-refractivity contribution in [2.45, 2.75) is 31.8 Å². The average molecular weight is 280 g/mol. The third kappa shape index (κ3) is 2.68. The predicted octanol–water partition coefficient (Wildman–Crippen LogP) is 0.996. The first-order chi connectivity index (χ1) is 9.16. The van der Waals surface area contributed by atoms with E-state index < -0.39 is 5.60 Å². The van der Waals surface area contributed by atoms with E-state index >= 15 is 0 Å². The second-order valence-electron chi connectivity index (χ2n) is 4.86. The Morgan fingerprint density at radius 2 is 2.42 bits per heavy atom. The van der Waals surface area contributed by atoms with Crippen LogP contribution in [0.3, 0.4) is 0 Å². The Morgan fingerprint density at radius 3 is 3.11 bits per heavy atom. The highest BCUT2D eigenvalue weighted by Crippen LogP contribution is 2.27. The second-order valence-corrected chi connectivity index (χ2v) is 5.92. The van der Waals surface area contributed by atoms with Gasteiger partial charge in [-0.2, -0.15) is 4.98 Å². The largest absolute Gasteiger partial charge is 0.379 e. The number of thiazole rings is 1. The van der Waals surface area contributed by atoms with Crippen molar-refractivity contribution in [1.29, 1.82) is 0 Å². The predicted molar refractivity (Wildman–Crippen MR) is 70.0 cm³/mol. The number of piperidine rings is 1. The molecule has 0 aromatic carbocycles. The summed E-state index contributed by atoms with van der Waals surface area (Å²) in [6.07, 6.45) is 2.09. The number of rotatable bonds is 3. The van der Waals surface area contributed by atoms with Crippen LogP contribution in [0.1, 0.15) is 35.3 Å². The monoisotopic (exact) mass is 280 g/mol. The molecule has 3 heterocycles. The third-order valence-corrected chi connectivity index (χ3v) is 4.06. The van der Waals surface area contributed by atoms with Gasteiger partial charge in [-0.1, -0.05) is 5.16 Å². The van der Waals surface area contributed by atoms with Crippen LogP contribution in [0.15, 0.2) is 9.90 Å². The number of aryl methyl sites for hydroxylation is 1. The van der Waals surface area contributed by atoms with Gasteiger partial charge in [-0.25, -0.2) is 4.98 Å². The van der Waals surface area contributed by atoms with Crippen LogP contribution >= 0.6 is 11.3 Å². The van der Waals surface area contributed by atoms with E-state index in [1.165, 1.54) is 0 Å². The molecule has 2 aromatic heterocycles. The minimum atomic E-state index is -1.03. The highest BCUT2D eigenvalue weighted by molar-refractivity contribution is 7.09. The van der Waals surface area contributed by atoms with Gasteiger partial charge in [0, 0.05) is 11.9 Å².